The second kappa shape index (κ2) is 7.08. The summed E-state index contributed by atoms with van der Waals surface area (Å²) in [6, 6.07) is 5.93. The van der Waals surface area contributed by atoms with E-state index in [0.717, 1.165) is 16.7 Å². The molecule has 0 radical (unpaired) electrons. The van der Waals surface area contributed by atoms with Gasteiger partial charge in [0.25, 0.3) is 0 Å². The molecule has 1 aromatic carbocycles. The first-order chi connectivity index (χ1) is 9.31. The van der Waals surface area contributed by atoms with Crippen molar-refractivity contribution in [1.82, 2.24) is 0 Å². The summed E-state index contributed by atoms with van der Waals surface area (Å²) >= 11 is 0. The van der Waals surface area contributed by atoms with Gasteiger partial charge in [-0.3, -0.25) is 9.59 Å². The molecule has 0 saturated heterocycles. The van der Waals surface area contributed by atoms with Gasteiger partial charge in [-0.1, -0.05) is 18.2 Å². The number of hydrogen-bond donors (Lipinski definition) is 0. The molecular formula is C16H22O4. The van der Waals surface area contributed by atoms with Crippen molar-refractivity contribution in [3.63, 3.8) is 0 Å². The standard InChI is InChI=1S/C16H22O4/c1-10-7-6-8-11(2)16(10)15(20-14(5)18)9-12(3)19-13(4)17/h6-8,12,15H,9H2,1-5H3/t12-,15+/m1/s1. The third kappa shape index (κ3) is 4.68. The monoisotopic (exact) mass is 278 g/mol. The van der Waals surface area contributed by atoms with E-state index in [1.54, 1.807) is 6.92 Å². The Hall–Kier alpha value is -1.84. The summed E-state index contributed by atoms with van der Waals surface area (Å²) in [6.07, 6.45) is -0.260. The third-order valence-corrected chi connectivity index (χ3v) is 3.09. The van der Waals surface area contributed by atoms with Crippen molar-refractivity contribution >= 4 is 11.9 Å². The first-order valence-electron chi connectivity index (χ1n) is 6.71. The number of rotatable bonds is 5. The number of ether oxygens (including phenoxy) is 2. The highest BCUT2D eigenvalue weighted by atomic mass is 16.6. The molecular weight excluding hydrogens is 256 g/mol. The molecule has 0 aliphatic rings. The maximum Gasteiger partial charge on any atom is 0.303 e. The Morgan fingerprint density at radius 1 is 1.05 bits per heavy atom. The Labute approximate surface area is 120 Å². The molecule has 0 saturated carbocycles. The van der Waals surface area contributed by atoms with E-state index in [9.17, 15) is 9.59 Å². The Bertz CT molecular complexity index is 473. The first-order valence-corrected chi connectivity index (χ1v) is 6.71. The number of carbonyl (C=O) groups is 2. The summed E-state index contributed by atoms with van der Waals surface area (Å²) in [6.45, 7) is 8.52. The molecule has 110 valence electrons. The van der Waals surface area contributed by atoms with E-state index in [4.69, 9.17) is 9.47 Å². The van der Waals surface area contributed by atoms with Gasteiger partial charge < -0.3 is 9.47 Å². The first kappa shape index (κ1) is 16.2. The molecule has 2 atom stereocenters. The fraction of sp³-hybridized carbons (Fsp3) is 0.500. The molecule has 0 unspecified atom stereocenters. The Morgan fingerprint density at radius 3 is 2.00 bits per heavy atom. The summed E-state index contributed by atoms with van der Waals surface area (Å²) in [5.41, 5.74) is 3.11. The third-order valence-electron chi connectivity index (χ3n) is 3.09. The van der Waals surface area contributed by atoms with E-state index in [1.165, 1.54) is 13.8 Å². The van der Waals surface area contributed by atoms with Crippen molar-refractivity contribution in [2.24, 2.45) is 0 Å². The van der Waals surface area contributed by atoms with Crippen LogP contribution in [0.2, 0.25) is 0 Å². The summed E-state index contributed by atoms with van der Waals surface area (Å²) < 4.78 is 10.6. The molecule has 1 rings (SSSR count). The van der Waals surface area contributed by atoms with Gasteiger partial charge in [0.1, 0.15) is 12.2 Å². The highest BCUT2D eigenvalue weighted by molar-refractivity contribution is 5.67. The van der Waals surface area contributed by atoms with Crippen molar-refractivity contribution < 1.29 is 19.1 Å². The summed E-state index contributed by atoms with van der Waals surface area (Å²) in [5.74, 6) is -0.673. The topological polar surface area (TPSA) is 52.6 Å². The van der Waals surface area contributed by atoms with Crippen molar-refractivity contribution in [3.05, 3.63) is 34.9 Å². The van der Waals surface area contributed by atoms with Crippen LogP contribution in [-0.4, -0.2) is 18.0 Å². The number of carbonyl (C=O) groups excluding carboxylic acids is 2. The van der Waals surface area contributed by atoms with Gasteiger partial charge in [-0.05, 0) is 37.5 Å². The molecule has 0 aliphatic heterocycles. The molecule has 4 nitrogen and oxygen atoms in total. The van der Waals surface area contributed by atoms with Gasteiger partial charge in [0.05, 0.1) is 0 Å². The smallest absolute Gasteiger partial charge is 0.303 e. The fourth-order valence-electron chi connectivity index (χ4n) is 2.39. The largest absolute Gasteiger partial charge is 0.463 e. The quantitative estimate of drug-likeness (QED) is 0.776. The summed E-state index contributed by atoms with van der Waals surface area (Å²) in [7, 11) is 0. The minimum atomic E-state index is -0.400. The molecule has 0 spiro atoms. The van der Waals surface area contributed by atoms with Crippen molar-refractivity contribution in [2.45, 2.75) is 53.2 Å². The lowest BCUT2D eigenvalue weighted by atomic mass is 9.94. The van der Waals surface area contributed by atoms with Crippen LogP contribution in [0.5, 0.6) is 0 Å². The molecule has 0 heterocycles. The zero-order valence-corrected chi connectivity index (χ0v) is 12.7. The maximum atomic E-state index is 11.3. The van der Waals surface area contributed by atoms with Gasteiger partial charge in [-0.25, -0.2) is 0 Å². The average molecular weight is 278 g/mol. The Kier molecular flexibility index (Phi) is 5.74. The van der Waals surface area contributed by atoms with E-state index in [0.29, 0.717) is 6.42 Å². The maximum absolute atomic E-state index is 11.3. The van der Waals surface area contributed by atoms with E-state index in [-0.39, 0.29) is 18.0 Å². The van der Waals surface area contributed by atoms with Gasteiger partial charge in [0, 0.05) is 20.3 Å². The van der Waals surface area contributed by atoms with Crippen LogP contribution >= 0.6 is 0 Å². The average Bonchev–Trinajstić information content (AvgIpc) is 2.26. The van der Waals surface area contributed by atoms with E-state index < -0.39 is 6.10 Å². The van der Waals surface area contributed by atoms with Gasteiger partial charge in [0.2, 0.25) is 0 Å². The van der Waals surface area contributed by atoms with Crippen LogP contribution in [-0.2, 0) is 19.1 Å². The predicted octanol–water partition coefficient (Wildman–Crippen LogP) is 3.25. The molecule has 0 N–H and O–H groups in total. The zero-order chi connectivity index (χ0) is 15.3. The van der Waals surface area contributed by atoms with Crippen LogP contribution in [0.25, 0.3) is 0 Å². The van der Waals surface area contributed by atoms with Gasteiger partial charge in [-0.2, -0.15) is 0 Å². The molecule has 0 fully saturated rings. The van der Waals surface area contributed by atoms with Crippen LogP contribution in [0.4, 0.5) is 0 Å². The zero-order valence-electron chi connectivity index (χ0n) is 12.7. The molecule has 0 amide bonds. The lowest BCUT2D eigenvalue weighted by molar-refractivity contribution is -0.152. The van der Waals surface area contributed by atoms with E-state index in [2.05, 4.69) is 0 Å². The second-order valence-corrected chi connectivity index (χ2v) is 5.06. The van der Waals surface area contributed by atoms with Crippen molar-refractivity contribution in [1.29, 1.82) is 0 Å². The number of hydrogen-bond acceptors (Lipinski definition) is 4. The van der Waals surface area contributed by atoms with Crippen LogP contribution in [0.3, 0.4) is 0 Å². The van der Waals surface area contributed by atoms with Crippen LogP contribution < -0.4 is 0 Å². The highest BCUT2D eigenvalue weighted by Gasteiger charge is 2.22. The molecule has 0 aromatic heterocycles. The van der Waals surface area contributed by atoms with Crippen molar-refractivity contribution in [2.75, 3.05) is 0 Å². The van der Waals surface area contributed by atoms with Crippen LogP contribution in [0.1, 0.15) is 50.0 Å². The predicted molar refractivity (Wildman–Crippen MR) is 76.3 cm³/mol. The van der Waals surface area contributed by atoms with E-state index in [1.807, 2.05) is 32.0 Å². The second-order valence-electron chi connectivity index (χ2n) is 5.06. The summed E-state index contributed by atoms with van der Waals surface area (Å²) in [5, 5.41) is 0. The van der Waals surface area contributed by atoms with Crippen molar-refractivity contribution in [3.8, 4) is 0 Å². The Morgan fingerprint density at radius 2 is 1.55 bits per heavy atom. The Balaban J connectivity index is 3.00. The molecule has 0 aliphatic carbocycles. The number of aryl methyl sites for hydroxylation is 2. The normalized spacial score (nSPS) is 13.4. The molecule has 0 bridgehead atoms. The SMILES string of the molecule is CC(=O)O[C@H](C)C[C@H](OC(C)=O)c1c(C)cccc1C. The highest BCUT2D eigenvalue weighted by Crippen LogP contribution is 2.29. The van der Waals surface area contributed by atoms with Gasteiger partial charge in [0.15, 0.2) is 0 Å². The molecule has 1 aromatic rings. The van der Waals surface area contributed by atoms with Crippen LogP contribution in [0, 0.1) is 13.8 Å². The fourth-order valence-corrected chi connectivity index (χ4v) is 2.39. The number of esters is 2. The lowest BCUT2D eigenvalue weighted by Gasteiger charge is -2.24. The van der Waals surface area contributed by atoms with E-state index >= 15 is 0 Å². The van der Waals surface area contributed by atoms with Gasteiger partial charge >= 0.3 is 11.9 Å². The minimum absolute atomic E-state index is 0.309. The molecule has 4 heteroatoms. The number of benzene rings is 1. The molecule has 20 heavy (non-hydrogen) atoms. The lowest BCUT2D eigenvalue weighted by Crippen LogP contribution is -2.20. The van der Waals surface area contributed by atoms with Gasteiger partial charge in [-0.15, -0.1) is 0 Å². The summed E-state index contributed by atoms with van der Waals surface area (Å²) in [4.78, 5) is 22.3. The van der Waals surface area contributed by atoms with Crippen LogP contribution in [0.15, 0.2) is 18.2 Å². The minimum Gasteiger partial charge on any atom is -0.463 e.